The Bertz CT molecular complexity index is 157. The summed E-state index contributed by atoms with van der Waals surface area (Å²) < 4.78 is 0. The molecule has 0 rings (SSSR count). The van der Waals surface area contributed by atoms with E-state index in [-0.39, 0.29) is 0 Å². The molecule has 0 amide bonds. The van der Waals surface area contributed by atoms with Gasteiger partial charge in [-0.15, -0.1) is 0 Å². The quantitative estimate of drug-likeness (QED) is 0.669. The Balaban J connectivity index is 4.25. The van der Waals surface area contributed by atoms with Crippen molar-refractivity contribution in [2.45, 2.75) is 52.6 Å². The normalized spacial score (nSPS) is 13.7. The van der Waals surface area contributed by atoms with Crippen LogP contribution in [0.3, 0.4) is 0 Å². The second-order valence-corrected chi connectivity index (χ2v) is 4.18. The van der Waals surface area contributed by atoms with Crippen LogP contribution in [0, 0.1) is 0 Å². The summed E-state index contributed by atoms with van der Waals surface area (Å²) >= 11 is 4.94. The Morgan fingerprint density at radius 3 is 2.15 bits per heavy atom. The second-order valence-electron chi connectivity index (χ2n) is 3.66. The highest BCUT2D eigenvalue weighted by Gasteiger charge is 2.18. The van der Waals surface area contributed by atoms with Crippen LogP contribution in [0.5, 0.6) is 0 Å². The topological polar surface area (TPSA) is 29.3 Å². The van der Waals surface area contributed by atoms with Gasteiger partial charge in [0.15, 0.2) is 0 Å². The first-order valence-electron chi connectivity index (χ1n) is 5.06. The van der Waals surface area contributed by atoms with E-state index in [1.165, 1.54) is 0 Å². The third-order valence-electron chi connectivity index (χ3n) is 2.41. The van der Waals surface area contributed by atoms with Crippen LogP contribution in [0.1, 0.15) is 40.5 Å². The highest BCUT2D eigenvalue weighted by molar-refractivity contribution is 7.80. The zero-order valence-electron chi connectivity index (χ0n) is 9.21. The minimum Gasteiger partial charge on any atom is -0.393 e. The molecule has 0 aliphatic heterocycles. The van der Waals surface area contributed by atoms with E-state index in [1.54, 1.807) is 0 Å². The van der Waals surface area contributed by atoms with Gasteiger partial charge >= 0.3 is 0 Å². The predicted octanol–water partition coefficient (Wildman–Crippen LogP) is 2.17. The molecule has 0 saturated heterocycles. The third kappa shape index (κ3) is 4.58. The average Bonchev–Trinajstić information content (AvgIpc) is 2.02. The molecular formula is C10H22N2S. The lowest BCUT2D eigenvalue weighted by Gasteiger charge is -2.33. The largest absolute Gasteiger partial charge is 0.393 e. The summed E-state index contributed by atoms with van der Waals surface area (Å²) in [5.41, 5.74) is 5.57. The molecule has 2 N–H and O–H groups in total. The first-order chi connectivity index (χ1) is 6.02. The van der Waals surface area contributed by atoms with Gasteiger partial charge in [-0.05, 0) is 26.8 Å². The van der Waals surface area contributed by atoms with Crippen LogP contribution in [0.15, 0.2) is 0 Å². The van der Waals surface area contributed by atoms with Gasteiger partial charge in [-0.1, -0.05) is 26.1 Å². The van der Waals surface area contributed by atoms with Gasteiger partial charge in [0.05, 0.1) is 4.99 Å². The Kier molecular flexibility index (Phi) is 6.25. The molecule has 0 aromatic heterocycles. The van der Waals surface area contributed by atoms with Gasteiger partial charge in [-0.25, -0.2) is 0 Å². The average molecular weight is 202 g/mol. The van der Waals surface area contributed by atoms with Crippen molar-refractivity contribution in [3.63, 3.8) is 0 Å². The maximum absolute atomic E-state index is 5.57. The first-order valence-corrected chi connectivity index (χ1v) is 5.47. The minimum absolute atomic E-state index is 0.516. The van der Waals surface area contributed by atoms with Crippen LogP contribution in [-0.4, -0.2) is 28.5 Å². The van der Waals surface area contributed by atoms with Crippen molar-refractivity contribution >= 4 is 17.2 Å². The molecule has 0 radical (unpaired) electrons. The zero-order valence-corrected chi connectivity index (χ0v) is 10.0. The minimum atomic E-state index is 0.516. The lowest BCUT2D eigenvalue weighted by molar-refractivity contribution is 0.161. The molecular weight excluding hydrogens is 180 g/mol. The van der Waals surface area contributed by atoms with Gasteiger partial charge in [0.1, 0.15) is 0 Å². The standard InChI is InChI=1S/C10H22N2S/c1-5-9(7-10(11)13)12(6-2)8(3)4/h8-9H,5-7H2,1-4H3,(H2,11,13). The van der Waals surface area contributed by atoms with Crippen LogP contribution in [0.2, 0.25) is 0 Å². The molecule has 1 unspecified atom stereocenters. The number of nitrogens with zero attached hydrogens (tertiary/aromatic N) is 1. The van der Waals surface area contributed by atoms with E-state index >= 15 is 0 Å². The summed E-state index contributed by atoms with van der Waals surface area (Å²) in [6, 6.07) is 1.09. The van der Waals surface area contributed by atoms with E-state index in [0.29, 0.717) is 17.1 Å². The van der Waals surface area contributed by atoms with E-state index in [4.69, 9.17) is 18.0 Å². The molecule has 78 valence electrons. The summed E-state index contributed by atoms with van der Waals surface area (Å²) in [5, 5.41) is 0. The second kappa shape index (κ2) is 6.33. The van der Waals surface area contributed by atoms with Gasteiger partial charge in [0.25, 0.3) is 0 Å². The van der Waals surface area contributed by atoms with Crippen LogP contribution >= 0.6 is 12.2 Å². The van der Waals surface area contributed by atoms with E-state index in [9.17, 15) is 0 Å². The monoisotopic (exact) mass is 202 g/mol. The van der Waals surface area contributed by atoms with E-state index in [2.05, 4.69) is 32.6 Å². The first kappa shape index (κ1) is 12.8. The van der Waals surface area contributed by atoms with E-state index in [1.807, 2.05) is 0 Å². The summed E-state index contributed by atoms with van der Waals surface area (Å²) in [5.74, 6) is 0. The van der Waals surface area contributed by atoms with Crippen LogP contribution in [-0.2, 0) is 0 Å². The molecule has 0 bridgehead atoms. The van der Waals surface area contributed by atoms with Gasteiger partial charge in [-0.2, -0.15) is 0 Å². The molecule has 3 heteroatoms. The molecule has 0 aliphatic carbocycles. The van der Waals surface area contributed by atoms with Crippen LogP contribution in [0.25, 0.3) is 0 Å². The molecule has 0 saturated carbocycles. The maximum atomic E-state index is 5.57. The van der Waals surface area contributed by atoms with Crippen molar-refractivity contribution < 1.29 is 0 Å². The highest BCUT2D eigenvalue weighted by atomic mass is 32.1. The zero-order chi connectivity index (χ0) is 10.4. The number of thiocarbonyl (C=S) groups is 1. The summed E-state index contributed by atoms with van der Waals surface area (Å²) in [4.78, 5) is 3.07. The summed E-state index contributed by atoms with van der Waals surface area (Å²) in [6.07, 6.45) is 1.96. The predicted molar refractivity (Wildman–Crippen MR) is 63.0 cm³/mol. The fourth-order valence-electron chi connectivity index (χ4n) is 1.77. The fraction of sp³-hybridized carbons (Fsp3) is 0.900. The van der Waals surface area contributed by atoms with Crippen molar-refractivity contribution in [2.24, 2.45) is 5.73 Å². The Hall–Kier alpha value is -0.150. The van der Waals surface area contributed by atoms with Crippen LogP contribution in [0.4, 0.5) is 0 Å². The molecule has 0 aliphatic rings. The molecule has 13 heavy (non-hydrogen) atoms. The number of nitrogens with two attached hydrogens (primary N) is 1. The van der Waals surface area contributed by atoms with Gasteiger partial charge in [-0.3, -0.25) is 4.90 Å². The van der Waals surface area contributed by atoms with Crippen molar-refractivity contribution in [2.75, 3.05) is 6.54 Å². The summed E-state index contributed by atoms with van der Waals surface area (Å²) in [7, 11) is 0. The van der Waals surface area contributed by atoms with Crippen molar-refractivity contribution in [1.29, 1.82) is 0 Å². The summed E-state index contributed by atoms with van der Waals surface area (Å²) in [6.45, 7) is 9.87. The molecule has 0 heterocycles. The third-order valence-corrected chi connectivity index (χ3v) is 2.57. The maximum Gasteiger partial charge on any atom is 0.0743 e. The smallest absolute Gasteiger partial charge is 0.0743 e. The molecule has 0 aromatic carbocycles. The lowest BCUT2D eigenvalue weighted by atomic mass is 10.1. The van der Waals surface area contributed by atoms with Crippen molar-refractivity contribution in [1.82, 2.24) is 4.90 Å². The van der Waals surface area contributed by atoms with Crippen molar-refractivity contribution in [3.8, 4) is 0 Å². The molecule has 0 aromatic rings. The number of hydrogen-bond acceptors (Lipinski definition) is 2. The van der Waals surface area contributed by atoms with E-state index < -0.39 is 0 Å². The van der Waals surface area contributed by atoms with Crippen LogP contribution < -0.4 is 5.73 Å². The van der Waals surface area contributed by atoms with Gasteiger partial charge < -0.3 is 5.73 Å². The number of hydrogen-bond donors (Lipinski definition) is 1. The molecule has 0 fully saturated rings. The Morgan fingerprint density at radius 2 is 1.92 bits per heavy atom. The lowest BCUT2D eigenvalue weighted by Crippen LogP contribution is -2.41. The SMILES string of the molecule is CCC(CC(N)=S)N(CC)C(C)C. The van der Waals surface area contributed by atoms with Crippen molar-refractivity contribution in [3.05, 3.63) is 0 Å². The van der Waals surface area contributed by atoms with E-state index in [0.717, 1.165) is 19.4 Å². The Labute approximate surface area is 87.5 Å². The molecule has 0 spiro atoms. The van der Waals surface area contributed by atoms with Gasteiger partial charge in [0, 0.05) is 18.5 Å². The highest BCUT2D eigenvalue weighted by Crippen LogP contribution is 2.12. The molecule has 2 nitrogen and oxygen atoms in total. The molecule has 1 atom stereocenters. The fourth-order valence-corrected chi connectivity index (χ4v) is 1.97. The van der Waals surface area contributed by atoms with Gasteiger partial charge in [0.2, 0.25) is 0 Å². The number of rotatable bonds is 6. The Morgan fingerprint density at radius 1 is 1.38 bits per heavy atom.